The van der Waals surface area contributed by atoms with Crippen LogP contribution in [0.4, 0.5) is 0 Å². The molecule has 0 unspecified atom stereocenters. The number of fused-ring (bicyclic) bond motifs is 1. The molecule has 4 aromatic rings. The highest BCUT2D eigenvalue weighted by atomic mass is 16.5. The lowest BCUT2D eigenvalue weighted by Gasteiger charge is -2.34. The maximum absolute atomic E-state index is 12.8. The third kappa shape index (κ3) is 5.63. The number of nitrogens with one attached hydrogen (secondary N) is 1. The van der Waals surface area contributed by atoms with Gasteiger partial charge in [-0.1, -0.05) is 36.4 Å². The number of aromatic nitrogens is 2. The van der Waals surface area contributed by atoms with Gasteiger partial charge in [-0.3, -0.25) is 14.6 Å². The SMILES string of the molecule is O=C(/C=C/c1ccc(OCc2ccccn2)cc1)N1CCN(C(=O)Cc2c[nH]c3ccccc23)CC1. The number of H-pyrrole nitrogens is 1. The molecule has 36 heavy (non-hydrogen) atoms. The van der Waals surface area contributed by atoms with Crippen LogP contribution in [0.2, 0.25) is 0 Å². The second kappa shape index (κ2) is 10.9. The average Bonchev–Trinajstić information content (AvgIpc) is 3.34. The first-order valence-electron chi connectivity index (χ1n) is 12.1. The molecule has 0 radical (unpaired) electrons. The van der Waals surface area contributed by atoms with Crippen molar-refractivity contribution in [2.45, 2.75) is 13.0 Å². The van der Waals surface area contributed by atoms with E-state index in [-0.39, 0.29) is 11.8 Å². The van der Waals surface area contributed by atoms with Gasteiger partial charge in [0.15, 0.2) is 0 Å². The van der Waals surface area contributed by atoms with Crippen LogP contribution in [0.5, 0.6) is 5.75 Å². The smallest absolute Gasteiger partial charge is 0.246 e. The normalized spacial score (nSPS) is 13.9. The zero-order valence-corrected chi connectivity index (χ0v) is 20.0. The Labute approximate surface area is 210 Å². The molecule has 2 amide bonds. The third-order valence-electron chi connectivity index (χ3n) is 6.37. The Hall–Kier alpha value is -4.39. The molecule has 2 aromatic carbocycles. The molecule has 3 heterocycles. The van der Waals surface area contributed by atoms with Crippen LogP contribution < -0.4 is 4.74 Å². The van der Waals surface area contributed by atoms with Crippen LogP contribution in [-0.4, -0.2) is 57.8 Å². The molecule has 0 aliphatic carbocycles. The fourth-order valence-electron chi connectivity index (χ4n) is 4.32. The molecule has 0 spiro atoms. The summed E-state index contributed by atoms with van der Waals surface area (Å²) in [6.45, 7) is 2.56. The molecule has 1 saturated heterocycles. The van der Waals surface area contributed by atoms with Crippen molar-refractivity contribution in [2.24, 2.45) is 0 Å². The molecule has 182 valence electrons. The fraction of sp³-hybridized carbons (Fsp3) is 0.207. The van der Waals surface area contributed by atoms with Crippen molar-refractivity contribution in [3.63, 3.8) is 0 Å². The number of nitrogens with zero attached hydrogens (tertiary/aromatic N) is 3. The number of carbonyl (C=O) groups is 2. The first kappa shape index (κ1) is 23.4. The van der Waals surface area contributed by atoms with E-state index in [4.69, 9.17) is 4.74 Å². The number of piperazine rings is 1. The lowest BCUT2D eigenvalue weighted by atomic mass is 10.1. The molecule has 0 saturated carbocycles. The fourth-order valence-corrected chi connectivity index (χ4v) is 4.32. The van der Waals surface area contributed by atoms with E-state index >= 15 is 0 Å². The van der Waals surface area contributed by atoms with Crippen molar-refractivity contribution in [2.75, 3.05) is 26.2 Å². The Morgan fingerprint density at radius 1 is 0.917 bits per heavy atom. The molecule has 5 rings (SSSR count). The van der Waals surface area contributed by atoms with E-state index in [9.17, 15) is 9.59 Å². The first-order valence-corrected chi connectivity index (χ1v) is 12.1. The Balaban J connectivity index is 1.09. The molecule has 7 heteroatoms. The molecule has 2 aromatic heterocycles. The second-order valence-corrected chi connectivity index (χ2v) is 8.75. The summed E-state index contributed by atoms with van der Waals surface area (Å²) < 4.78 is 5.76. The summed E-state index contributed by atoms with van der Waals surface area (Å²) in [4.78, 5) is 36.6. The van der Waals surface area contributed by atoms with Crippen molar-refractivity contribution in [3.8, 4) is 5.75 Å². The van der Waals surface area contributed by atoms with Gasteiger partial charge in [-0.15, -0.1) is 0 Å². The Bertz CT molecular complexity index is 1350. The average molecular weight is 481 g/mol. The number of hydrogen-bond acceptors (Lipinski definition) is 4. The predicted octanol–water partition coefficient (Wildman–Crippen LogP) is 4.07. The van der Waals surface area contributed by atoms with Crippen LogP contribution in [0.25, 0.3) is 17.0 Å². The number of rotatable bonds is 7. The van der Waals surface area contributed by atoms with Crippen LogP contribution in [0.3, 0.4) is 0 Å². The largest absolute Gasteiger partial charge is 0.487 e. The molecule has 0 bridgehead atoms. The molecule has 0 atom stereocenters. The van der Waals surface area contributed by atoms with Gasteiger partial charge in [0.05, 0.1) is 12.1 Å². The highest BCUT2D eigenvalue weighted by Gasteiger charge is 2.23. The van der Waals surface area contributed by atoms with Gasteiger partial charge in [-0.25, -0.2) is 0 Å². The predicted molar refractivity (Wildman–Crippen MR) is 139 cm³/mol. The topological polar surface area (TPSA) is 78.5 Å². The number of carbonyl (C=O) groups excluding carboxylic acids is 2. The Morgan fingerprint density at radius 3 is 2.44 bits per heavy atom. The lowest BCUT2D eigenvalue weighted by Crippen LogP contribution is -2.50. The van der Waals surface area contributed by atoms with Crippen LogP contribution in [0.15, 0.2) is 85.2 Å². The Kier molecular flexibility index (Phi) is 7.07. The zero-order chi connectivity index (χ0) is 24.7. The van der Waals surface area contributed by atoms with Gasteiger partial charge in [0.1, 0.15) is 12.4 Å². The summed E-state index contributed by atoms with van der Waals surface area (Å²) in [6, 6.07) is 21.3. The maximum Gasteiger partial charge on any atom is 0.246 e. The highest BCUT2D eigenvalue weighted by molar-refractivity contribution is 5.92. The summed E-state index contributed by atoms with van der Waals surface area (Å²) in [5.74, 6) is 0.791. The minimum absolute atomic E-state index is 0.0470. The molecular weight excluding hydrogens is 452 g/mol. The quantitative estimate of drug-likeness (QED) is 0.405. The van der Waals surface area contributed by atoms with E-state index in [0.29, 0.717) is 39.2 Å². The van der Waals surface area contributed by atoms with Crippen molar-refractivity contribution < 1.29 is 14.3 Å². The van der Waals surface area contributed by atoms with Crippen LogP contribution in [-0.2, 0) is 22.6 Å². The number of hydrogen-bond donors (Lipinski definition) is 1. The monoisotopic (exact) mass is 480 g/mol. The number of amides is 2. The van der Waals surface area contributed by atoms with Crippen molar-refractivity contribution in [3.05, 3.63) is 102 Å². The maximum atomic E-state index is 12.8. The molecule has 1 aliphatic heterocycles. The molecular formula is C29H28N4O3. The molecule has 7 nitrogen and oxygen atoms in total. The van der Waals surface area contributed by atoms with Gasteiger partial charge in [-0.2, -0.15) is 0 Å². The summed E-state index contributed by atoms with van der Waals surface area (Å²) in [7, 11) is 0. The summed E-state index contributed by atoms with van der Waals surface area (Å²) in [6.07, 6.45) is 7.41. The minimum Gasteiger partial charge on any atom is -0.487 e. The first-order chi connectivity index (χ1) is 17.7. The van der Waals surface area contributed by atoms with Crippen LogP contribution in [0, 0.1) is 0 Å². The van der Waals surface area contributed by atoms with Crippen molar-refractivity contribution in [1.82, 2.24) is 19.8 Å². The lowest BCUT2D eigenvalue weighted by molar-refractivity contribution is -0.136. The summed E-state index contributed by atoms with van der Waals surface area (Å²) in [5, 5.41) is 1.08. The number of ether oxygens (including phenoxy) is 1. The van der Waals surface area contributed by atoms with E-state index in [2.05, 4.69) is 9.97 Å². The van der Waals surface area contributed by atoms with Gasteiger partial charge >= 0.3 is 0 Å². The number of benzene rings is 2. The van der Waals surface area contributed by atoms with Crippen molar-refractivity contribution in [1.29, 1.82) is 0 Å². The molecule has 1 N–H and O–H groups in total. The standard InChI is InChI=1S/C29H28N4O3/c34-28(13-10-22-8-11-25(12-9-22)36-21-24-5-3-4-14-30-24)32-15-17-33(18-16-32)29(35)19-23-20-31-27-7-2-1-6-26(23)27/h1-14,20,31H,15-19,21H2/b13-10+. The van der Waals surface area contributed by atoms with E-state index in [1.54, 1.807) is 23.2 Å². The van der Waals surface area contributed by atoms with Gasteiger partial charge in [-0.05, 0) is 47.5 Å². The summed E-state index contributed by atoms with van der Waals surface area (Å²) >= 11 is 0. The third-order valence-corrected chi connectivity index (χ3v) is 6.37. The van der Waals surface area contributed by atoms with Gasteiger partial charge in [0.25, 0.3) is 0 Å². The highest BCUT2D eigenvalue weighted by Crippen LogP contribution is 2.19. The van der Waals surface area contributed by atoms with Crippen LogP contribution >= 0.6 is 0 Å². The summed E-state index contributed by atoms with van der Waals surface area (Å²) in [5.41, 5.74) is 3.83. The van der Waals surface area contributed by atoms with Crippen LogP contribution in [0.1, 0.15) is 16.8 Å². The minimum atomic E-state index is -0.0470. The van der Waals surface area contributed by atoms with Gasteiger partial charge in [0.2, 0.25) is 11.8 Å². The zero-order valence-electron chi connectivity index (χ0n) is 20.0. The van der Waals surface area contributed by atoms with E-state index in [1.165, 1.54) is 0 Å². The van der Waals surface area contributed by atoms with E-state index < -0.39 is 0 Å². The number of para-hydroxylation sites is 1. The van der Waals surface area contributed by atoms with Gasteiger partial charge in [0, 0.05) is 55.6 Å². The van der Waals surface area contributed by atoms with Gasteiger partial charge < -0.3 is 19.5 Å². The van der Waals surface area contributed by atoms with E-state index in [1.807, 2.05) is 77.8 Å². The van der Waals surface area contributed by atoms with E-state index in [0.717, 1.165) is 33.5 Å². The molecule has 1 aliphatic rings. The van der Waals surface area contributed by atoms with Crippen molar-refractivity contribution >= 4 is 28.8 Å². The Morgan fingerprint density at radius 2 is 1.67 bits per heavy atom. The molecule has 1 fully saturated rings. The number of aromatic amines is 1. The number of pyridine rings is 1. The second-order valence-electron chi connectivity index (χ2n) is 8.75.